The molecule has 26 heavy (non-hydrogen) atoms. The number of aromatic nitrogens is 2. The van der Waals surface area contributed by atoms with Gasteiger partial charge in [-0.2, -0.15) is 0 Å². The maximum atomic E-state index is 11.5. The van der Waals surface area contributed by atoms with Crippen molar-refractivity contribution in [3.63, 3.8) is 0 Å². The molecule has 5 nitrogen and oxygen atoms in total. The molecule has 1 aliphatic rings. The maximum Gasteiger partial charge on any atom is 0.221 e. The third-order valence-corrected chi connectivity index (χ3v) is 4.64. The van der Waals surface area contributed by atoms with E-state index in [1.165, 1.54) is 25.3 Å². The van der Waals surface area contributed by atoms with E-state index in [1.54, 1.807) is 7.11 Å². The molecule has 3 aromatic rings. The van der Waals surface area contributed by atoms with Gasteiger partial charge in [0.05, 0.1) is 29.7 Å². The van der Waals surface area contributed by atoms with Crippen LogP contribution in [0.5, 0.6) is 5.75 Å². The van der Waals surface area contributed by atoms with Crippen molar-refractivity contribution in [1.29, 1.82) is 0 Å². The fourth-order valence-corrected chi connectivity index (χ4v) is 3.29. The fourth-order valence-electron chi connectivity index (χ4n) is 3.29. The molecule has 0 bridgehead atoms. The Kier molecular flexibility index (Phi) is 4.07. The second kappa shape index (κ2) is 6.41. The van der Waals surface area contributed by atoms with E-state index in [1.807, 2.05) is 37.3 Å². The monoisotopic (exact) mass is 347 g/mol. The molecule has 132 valence electrons. The highest BCUT2D eigenvalue weighted by molar-refractivity contribution is 5.96. The summed E-state index contributed by atoms with van der Waals surface area (Å²) in [6, 6.07) is 12.0. The van der Waals surface area contributed by atoms with E-state index in [4.69, 9.17) is 9.72 Å². The molecular weight excluding hydrogens is 326 g/mol. The van der Waals surface area contributed by atoms with Gasteiger partial charge in [-0.1, -0.05) is 6.07 Å². The predicted molar refractivity (Wildman–Crippen MR) is 103 cm³/mol. The molecule has 1 aromatic carbocycles. The fraction of sp³-hybridized carbons (Fsp3) is 0.286. The number of hydrogen-bond donors (Lipinski definition) is 1. The number of methoxy groups -OCH3 is 1. The number of anilines is 1. The van der Waals surface area contributed by atoms with Crippen molar-refractivity contribution in [1.82, 2.24) is 9.97 Å². The highest BCUT2D eigenvalue weighted by Gasteiger charge is 2.27. The number of amides is 1. The summed E-state index contributed by atoms with van der Waals surface area (Å²) in [6.07, 6.45) is 2.36. The van der Waals surface area contributed by atoms with Crippen LogP contribution in [0.1, 0.15) is 36.9 Å². The van der Waals surface area contributed by atoms with Crippen LogP contribution in [-0.4, -0.2) is 23.0 Å². The van der Waals surface area contributed by atoms with Crippen LogP contribution in [0.4, 0.5) is 5.69 Å². The molecule has 0 aliphatic heterocycles. The van der Waals surface area contributed by atoms with E-state index in [0.717, 1.165) is 28.0 Å². The Morgan fingerprint density at radius 2 is 1.96 bits per heavy atom. The number of carbonyl (C=O) groups is 1. The molecule has 1 N–H and O–H groups in total. The van der Waals surface area contributed by atoms with Crippen molar-refractivity contribution >= 4 is 22.5 Å². The quantitative estimate of drug-likeness (QED) is 0.757. The third-order valence-electron chi connectivity index (χ3n) is 4.64. The van der Waals surface area contributed by atoms with Gasteiger partial charge in [-0.3, -0.25) is 9.78 Å². The first-order valence-corrected chi connectivity index (χ1v) is 8.79. The van der Waals surface area contributed by atoms with Crippen LogP contribution in [0.15, 0.2) is 36.4 Å². The number of fused-ring (bicyclic) bond motifs is 1. The molecule has 1 fully saturated rings. The normalized spacial score (nSPS) is 13.7. The minimum atomic E-state index is -0.121. The lowest BCUT2D eigenvalue weighted by Crippen LogP contribution is -2.07. The van der Waals surface area contributed by atoms with E-state index in [0.29, 0.717) is 17.4 Å². The van der Waals surface area contributed by atoms with E-state index >= 15 is 0 Å². The standard InChI is InChI=1S/C21H21N3O2/c1-12-5-4-6-17(22-12)19-9-15(14-7-8-14)16-10-20(23-13(2)25)21(26-3)11-18(16)24-19/h4-6,9-11,14H,7-8H2,1-3H3,(H,23,25). The number of aryl methyl sites for hydroxylation is 1. The lowest BCUT2D eigenvalue weighted by atomic mass is 10.0. The van der Waals surface area contributed by atoms with Gasteiger partial charge < -0.3 is 10.1 Å². The number of nitrogens with zero attached hydrogens (tertiary/aromatic N) is 2. The number of carbonyl (C=O) groups excluding carboxylic acids is 1. The zero-order valence-electron chi connectivity index (χ0n) is 15.2. The van der Waals surface area contributed by atoms with Gasteiger partial charge in [0.1, 0.15) is 5.75 Å². The van der Waals surface area contributed by atoms with Gasteiger partial charge in [0, 0.05) is 24.1 Å². The largest absolute Gasteiger partial charge is 0.494 e. The summed E-state index contributed by atoms with van der Waals surface area (Å²) in [6.45, 7) is 3.48. The van der Waals surface area contributed by atoms with Crippen molar-refractivity contribution in [2.45, 2.75) is 32.6 Å². The Morgan fingerprint density at radius 1 is 1.15 bits per heavy atom. The number of hydrogen-bond acceptors (Lipinski definition) is 4. The maximum absolute atomic E-state index is 11.5. The van der Waals surface area contributed by atoms with Crippen molar-refractivity contribution < 1.29 is 9.53 Å². The molecule has 0 saturated heterocycles. The molecule has 0 unspecified atom stereocenters. The number of ether oxygens (including phenoxy) is 1. The summed E-state index contributed by atoms with van der Waals surface area (Å²) in [5.74, 6) is 1.03. The molecule has 1 aliphatic carbocycles. The van der Waals surface area contributed by atoms with E-state index < -0.39 is 0 Å². The van der Waals surface area contributed by atoms with Crippen LogP contribution < -0.4 is 10.1 Å². The van der Waals surface area contributed by atoms with Crippen LogP contribution in [-0.2, 0) is 4.79 Å². The summed E-state index contributed by atoms with van der Waals surface area (Å²) >= 11 is 0. The van der Waals surface area contributed by atoms with Gasteiger partial charge in [-0.05, 0) is 55.5 Å². The molecule has 1 amide bonds. The average Bonchev–Trinajstić information content (AvgIpc) is 3.45. The van der Waals surface area contributed by atoms with Crippen molar-refractivity contribution in [2.75, 3.05) is 12.4 Å². The molecule has 4 rings (SSSR count). The van der Waals surface area contributed by atoms with Crippen LogP contribution in [0, 0.1) is 6.92 Å². The molecule has 0 radical (unpaired) electrons. The van der Waals surface area contributed by atoms with Gasteiger partial charge in [0.15, 0.2) is 0 Å². The third kappa shape index (κ3) is 3.12. The lowest BCUT2D eigenvalue weighted by Gasteiger charge is -2.14. The number of rotatable bonds is 4. The van der Waals surface area contributed by atoms with E-state index in [2.05, 4.69) is 16.4 Å². The first-order chi connectivity index (χ1) is 12.5. The van der Waals surface area contributed by atoms with Gasteiger partial charge in [-0.25, -0.2) is 4.98 Å². The van der Waals surface area contributed by atoms with E-state index in [9.17, 15) is 4.79 Å². The smallest absolute Gasteiger partial charge is 0.221 e. The Labute approximate surface area is 152 Å². The zero-order chi connectivity index (χ0) is 18.3. The van der Waals surface area contributed by atoms with Crippen LogP contribution in [0.2, 0.25) is 0 Å². The van der Waals surface area contributed by atoms with E-state index in [-0.39, 0.29) is 5.91 Å². The molecule has 2 heterocycles. The first kappa shape index (κ1) is 16.5. The van der Waals surface area contributed by atoms with Crippen LogP contribution >= 0.6 is 0 Å². The van der Waals surface area contributed by atoms with Gasteiger partial charge in [0.25, 0.3) is 0 Å². The second-order valence-electron chi connectivity index (χ2n) is 6.79. The Bertz CT molecular complexity index is 1010. The molecule has 1 saturated carbocycles. The predicted octanol–water partition coefficient (Wildman–Crippen LogP) is 4.45. The van der Waals surface area contributed by atoms with Crippen LogP contribution in [0.25, 0.3) is 22.3 Å². The number of nitrogens with one attached hydrogen (secondary N) is 1. The number of benzene rings is 1. The highest BCUT2D eigenvalue weighted by Crippen LogP contribution is 2.45. The molecule has 5 heteroatoms. The lowest BCUT2D eigenvalue weighted by molar-refractivity contribution is -0.114. The molecular formula is C21H21N3O2. The summed E-state index contributed by atoms with van der Waals surface area (Å²) in [4.78, 5) is 21.0. The molecule has 0 spiro atoms. The van der Waals surface area contributed by atoms with Gasteiger partial charge in [0.2, 0.25) is 5.91 Å². The topological polar surface area (TPSA) is 64.1 Å². The average molecular weight is 347 g/mol. The van der Waals surface area contributed by atoms with Crippen molar-refractivity contribution in [3.8, 4) is 17.1 Å². The summed E-state index contributed by atoms with van der Waals surface area (Å²) in [7, 11) is 1.60. The Hall–Kier alpha value is -2.95. The summed E-state index contributed by atoms with van der Waals surface area (Å²) in [5, 5.41) is 3.92. The Balaban J connectivity index is 1.93. The highest BCUT2D eigenvalue weighted by atomic mass is 16.5. The van der Waals surface area contributed by atoms with Crippen molar-refractivity contribution in [2.24, 2.45) is 0 Å². The molecule has 0 atom stereocenters. The minimum absolute atomic E-state index is 0.121. The van der Waals surface area contributed by atoms with Gasteiger partial charge >= 0.3 is 0 Å². The Morgan fingerprint density at radius 3 is 2.62 bits per heavy atom. The number of pyridine rings is 2. The van der Waals surface area contributed by atoms with Crippen molar-refractivity contribution in [3.05, 3.63) is 47.7 Å². The summed E-state index contributed by atoms with van der Waals surface area (Å²) in [5.41, 5.74) is 5.52. The SMILES string of the molecule is COc1cc2nc(-c3cccc(C)n3)cc(C3CC3)c2cc1NC(C)=O. The summed E-state index contributed by atoms with van der Waals surface area (Å²) < 4.78 is 5.46. The molecule has 2 aromatic heterocycles. The van der Waals surface area contributed by atoms with Crippen LogP contribution in [0.3, 0.4) is 0 Å². The minimum Gasteiger partial charge on any atom is -0.494 e. The van der Waals surface area contributed by atoms with Gasteiger partial charge in [-0.15, -0.1) is 0 Å². The zero-order valence-corrected chi connectivity index (χ0v) is 15.2. The second-order valence-corrected chi connectivity index (χ2v) is 6.79. The first-order valence-electron chi connectivity index (χ1n) is 8.79.